The Morgan fingerprint density at radius 2 is 1.50 bits per heavy atom. The Morgan fingerprint density at radius 3 is 1.50 bits per heavy atom. The Hall–Kier alpha value is -1.10. The van der Waals surface area contributed by atoms with Crippen molar-refractivity contribution < 1.29 is 19.8 Å². The molecule has 0 bridgehead atoms. The van der Waals surface area contributed by atoms with Crippen molar-refractivity contribution in [3.05, 3.63) is 0 Å². The number of rotatable bonds is 1. The third-order valence-corrected chi connectivity index (χ3v) is 0.537. The normalized spacial score (nSPS) is 7.40. The van der Waals surface area contributed by atoms with Gasteiger partial charge in [0, 0.05) is 0 Å². The molecule has 0 aromatic rings. The summed E-state index contributed by atoms with van der Waals surface area (Å²) in [7, 11) is 1.93. The Balaban J connectivity index is 0. The second-order valence-electron chi connectivity index (χ2n) is 1.32. The molecule has 0 spiro atoms. The number of aliphatic carboxylic acids is 2. The van der Waals surface area contributed by atoms with E-state index in [1.165, 1.54) is 0 Å². The Bertz CT molecular complexity index is 98.2. The van der Waals surface area contributed by atoms with Crippen molar-refractivity contribution in [3.8, 4) is 0 Å². The van der Waals surface area contributed by atoms with E-state index in [-0.39, 0.29) is 0 Å². The number of carboxylic acid groups (broad SMARTS) is 2. The molecule has 0 rings (SSSR count). The first-order valence-corrected chi connectivity index (χ1v) is 2.67. The van der Waals surface area contributed by atoms with Crippen LogP contribution >= 0.6 is 0 Å². The lowest BCUT2D eigenvalue weighted by Gasteiger charge is -1.76. The molecule has 5 nitrogen and oxygen atoms in total. The Labute approximate surface area is 58.7 Å². The maximum atomic E-state index is 9.10. The van der Waals surface area contributed by atoms with Gasteiger partial charge in [-0.2, -0.15) is 0 Å². The Morgan fingerprint density at radius 1 is 1.30 bits per heavy atom. The molecule has 0 aromatic heterocycles. The first-order valence-electron chi connectivity index (χ1n) is 2.67. The highest BCUT2D eigenvalue weighted by Crippen LogP contribution is 1.56. The number of hydrogen-bond acceptors (Lipinski definition) is 3. The third kappa shape index (κ3) is 15.8. The molecule has 0 aromatic carbocycles. The molecule has 0 aliphatic rings. The summed E-state index contributed by atoms with van der Waals surface area (Å²) in [5.74, 6) is -3.65. The van der Waals surface area contributed by atoms with E-state index >= 15 is 0 Å². The number of carboxylic acids is 2. The summed E-state index contributed by atoms with van der Waals surface area (Å²) in [6, 6.07) is 0. The van der Waals surface area contributed by atoms with E-state index in [0.717, 1.165) is 6.54 Å². The predicted molar refractivity (Wildman–Crippen MR) is 34.9 cm³/mol. The van der Waals surface area contributed by atoms with E-state index in [1.54, 1.807) is 0 Å². The minimum atomic E-state index is -1.82. The van der Waals surface area contributed by atoms with Gasteiger partial charge in [0.2, 0.25) is 0 Å². The molecule has 0 unspecified atom stereocenters. The van der Waals surface area contributed by atoms with E-state index in [4.69, 9.17) is 19.8 Å². The van der Waals surface area contributed by atoms with Gasteiger partial charge in [0.1, 0.15) is 0 Å². The molecular weight excluding hydrogens is 138 g/mol. The summed E-state index contributed by atoms with van der Waals surface area (Å²) in [6.07, 6.45) is 0. The first-order chi connectivity index (χ1) is 4.56. The number of nitrogens with one attached hydrogen (secondary N) is 1. The maximum absolute atomic E-state index is 9.10. The van der Waals surface area contributed by atoms with Gasteiger partial charge in [-0.3, -0.25) is 0 Å². The van der Waals surface area contributed by atoms with Crippen LogP contribution in [0.3, 0.4) is 0 Å². The minimum Gasteiger partial charge on any atom is -0.473 e. The predicted octanol–water partition coefficient (Wildman–Crippen LogP) is -0.619. The fourth-order valence-corrected chi connectivity index (χ4v) is 0. The highest BCUT2D eigenvalue weighted by molar-refractivity contribution is 6.27. The highest BCUT2D eigenvalue weighted by Gasteiger charge is 2.04. The number of carbonyl (C=O) groups is 2. The van der Waals surface area contributed by atoms with Gasteiger partial charge in [0.15, 0.2) is 0 Å². The van der Waals surface area contributed by atoms with Crippen molar-refractivity contribution in [3.63, 3.8) is 0 Å². The van der Waals surface area contributed by atoms with Gasteiger partial charge < -0.3 is 15.5 Å². The largest absolute Gasteiger partial charge is 0.473 e. The molecule has 0 amide bonds. The molecule has 0 fully saturated rings. The Kier molecular flexibility index (Phi) is 9.22. The SMILES string of the molecule is CCNC.O=C(O)C(=O)O. The van der Waals surface area contributed by atoms with Crippen molar-refractivity contribution in [2.75, 3.05) is 13.6 Å². The quantitative estimate of drug-likeness (QED) is 0.432. The van der Waals surface area contributed by atoms with Crippen molar-refractivity contribution in [1.29, 1.82) is 0 Å². The van der Waals surface area contributed by atoms with Crippen LogP contribution in [0.2, 0.25) is 0 Å². The van der Waals surface area contributed by atoms with Crippen LogP contribution in [0.25, 0.3) is 0 Å². The van der Waals surface area contributed by atoms with E-state index in [0.29, 0.717) is 0 Å². The van der Waals surface area contributed by atoms with Crippen molar-refractivity contribution >= 4 is 11.9 Å². The van der Waals surface area contributed by atoms with Crippen LogP contribution < -0.4 is 5.32 Å². The van der Waals surface area contributed by atoms with Gasteiger partial charge in [0.25, 0.3) is 0 Å². The average molecular weight is 149 g/mol. The summed E-state index contributed by atoms with van der Waals surface area (Å²) >= 11 is 0. The zero-order valence-corrected chi connectivity index (χ0v) is 5.92. The molecular formula is C5H11NO4. The standard InChI is InChI=1S/C3H9N.C2H2O4/c1-3-4-2;3-1(4)2(5)6/h4H,3H2,1-2H3;(H,3,4)(H,5,6). The third-order valence-electron chi connectivity index (χ3n) is 0.537. The zero-order chi connectivity index (χ0) is 8.57. The van der Waals surface area contributed by atoms with Gasteiger partial charge in [-0.25, -0.2) is 9.59 Å². The first kappa shape index (κ1) is 11.7. The average Bonchev–Trinajstić information content (AvgIpc) is 1.89. The molecule has 60 valence electrons. The molecule has 0 aliphatic heterocycles. The molecule has 0 heterocycles. The van der Waals surface area contributed by atoms with E-state index < -0.39 is 11.9 Å². The second kappa shape index (κ2) is 7.90. The molecule has 0 atom stereocenters. The van der Waals surface area contributed by atoms with Crippen molar-refractivity contribution in [2.45, 2.75) is 6.92 Å². The highest BCUT2D eigenvalue weighted by atomic mass is 16.4. The van der Waals surface area contributed by atoms with Gasteiger partial charge >= 0.3 is 11.9 Å². The lowest BCUT2D eigenvalue weighted by molar-refractivity contribution is -0.159. The van der Waals surface area contributed by atoms with Crippen molar-refractivity contribution in [2.24, 2.45) is 0 Å². The van der Waals surface area contributed by atoms with Gasteiger partial charge in [-0.05, 0) is 13.6 Å². The molecule has 0 saturated carbocycles. The summed E-state index contributed by atoms with van der Waals surface area (Å²) < 4.78 is 0. The summed E-state index contributed by atoms with van der Waals surface area (Å²) in [5, 5.41) is 17.7. The van der Waals surface area contributed by atoms with Crippen LogP contribution in [-0.2, 0) is 9.59 Å². The molecule has 10 heavy (non-hydrogen) atoms. The van der Waals surface area contributed by atoms with Crippen LogP contribution in [-0.4, -0.2) is 35.7 Å². The van der Waals surface area contributed by atoms with Gasteiger partial charge in [-0.15, -0.1) is 0 Å². The topological polar surface area (TPSA) is 86.6 Å². The van der Waals surface area contributed by atoms with Crippen LogP contribution in [0, 0.1) is 0 Å². The van der Waals surface area contributed by atoms with Gasteiger partial charge in [0.05, 0.1) is 0 Å². The molecule has 0 aliphatic carbocycles. The van der Waals surface area contributed by atoms with Crippen LogP contribution in [0.1, 0.15) is 6.92 Å². The smallest absolute Gasteiger partial charge is 0.414 e. The maximum Gasteiger partial charge on any atom is 0.414 e. The van der Waals surface area contributed by atoms with Gasteiger partial charge in [-0.1, -0.05) is 6.92 Å². The minimum absolute atomic E-state index is 1.07. The fraction of sp³-hybridized carbons (Fsp3) is 0.600. The van der Waals surface area contributed by atoms with E-state index in [1.807, 2.05) is 7.05 Å². The van der Waals surface area contributed by atoms with Crippen LogP contribution in [0.15, 0.2) is 0 Å². The fourth-order valence-electron chi connectivity index (χ4n) is 0. The molecule has 5 heteroatoms. The number of hydrogen-bond donors (Lipinski definition) is 3. The van der Waals surface area contributed by atoms with E-state index in [9.17, 15) is 0 Å². The summed E-state index contributed by atoms with van der Waals surface area (Å²) in [4.78, 5) is 18.2. The lowest BCUT2D eigenvalue weighted by atomic mass is 10.7. The molecule has 0 saturated heterocycles. The van der Waals surface area contributed by atoms with Crippen LogP contribution in [0.4, 0.5) is 0 Å². The lowest BCUT2D eigenvalue weighted by Crippen LogP contribution is -2.09. The molecule has 0 radical (unpaired) electrons. The van der Waals surface area contributed by atoms with E-state index in [2.05, 4.69) is 12.2 Å². The second-order valence-corrected chi connectivity index (χ2v) is 1.32. The van der Waals surface area contributed by atoms with Crippen molar-refractivity contribution in [1.82, 2.24) is 5.32 Å². The zero-order valence-electron chi connectivity index (χ0n) is 5.92. The summed E-state index contributed by atoms with van der Waals surface area (Å²) in [5.41, 5.74) is 0. The summed E-state index contributed by atoms with van der Waals surface area (Å²) in [6.45, 7) is 3.14. The molecule has 3 N–H and O–H groups in total. The monoisotopic (exact) mass is 149 g/mol. The van der Waals surface area contributed by atoms with Crippen LogP contribution in [0.5, 0.6) is 0 Å².